The third-order valence-electron chi connectivity index (χ3n) is 3.14. The van der Waals surface area contributed by atoms with Gasteiger partial charge in [0.15, 0.2) is 0 Å². The van der Waals surface area contributed by atoms with Crippen molar-refractivity contribution in [3.05, 3.63) is 40.1 Å². The molecule has 118 valence electrons. The van der Waals surface area contributed by atoms with Crippen LogP contribution in [0, 0.1) is 0 Å². The Kier molecular flexibility index (Phi) is 5.43. The van der Waals surface area contributed by atoms with Crippen molar-refractivity contribution < 1.29 is 14.3 Å². The highest BCUT2D eigenvalue weighted by Crippen LogP contribution is 2.22. The molecule has 0 unspecified atom stereocenters. The van der Waals surface area contributed by atoms with Gasteiger partial charge in [0.05, 0.1) is 30.9 Å². The Morgan fingerprint density at radius 2 is 1.91 bits per heavy atom. The summed E-state index contributed by atoms with van der Waals surface area (Å²) >= 11 is 3.44. The summed E-state index contributed by atoms with van der Waals surface area (Å²) in [6.45, 7) is 3.12. The molecular formula is C15H18BrN3O3. The molecule has 0 aliphatic heterocycles. The number of nitrogens with zero attached hydrogens (tertiary/aromatic N) is 2. The quantitative estimate of drug-likeness (QED) is 0.851. The number of aryl methyl sites for hydroxylation is 1. The number of halogens is 1. The van der Waals surface area contributed by atoms with E-state index in [4.69, 9.17) is 9.47 Å². The van der Waals surface area contributed by atoms with Crippen LogP contribution in [0.1, 0.15) is 23.0 Å². The summed E-state index contributed by atoms with van der Waals surface area (Å²) in [4.78, 5) is 12.3. The molecule has 1 aromatic carbocycles. The summed E-state index contributed by atoms with van der Waals surface area (Å²) in [7, 11) is 3.09. The van der Waals surface area contributed by atoms with Crippen LogP contribution in [-0.2, 0) is 13.1 Å². The third kappa shape index (κ3) is 3.79. The zero-order valence-corrected chi connectivity index (χ0v) is 14.3. The average molecular weight is 368 g/mol. The lowest BCUT2D eigenvalue weighted by Crippen LogP contribution is -2.23. The van der Waals surface area contributed by atoms with Crippen LogP contribution in [0.2, 0.25) is 0 Å². The number of ether oxygens (including phenoxy) is 2. The minimum Gasteiger partial charge on any atom is -0.497 e. The molecule has 7 heteroatoms. The molecule has 0 fully saturated rings. The first kappa shape index (κ1) is 16.4. The number of hydrogen-bond donors (Lipinski definition) is 1. The van der Waals surface area contributed by atoms with Gasteiger partial charge < -0.3 is 14.8 Å². The van der Waals surface area contributed by atoms with E-state index in [2.05, 4.69) is 26.3 Å². The van der Waals surface area contributed by atoms with Gasteiger partial charge in [0.25, 0.3) is 5.91 Å². The number of methoxy groups -OCH3 is 2. The molecule has 1 amide bonds. The second-order valence-electron chi connectivity index (χ2n) is 4.56. The van der Waals surface area contributed by atoms with E-state index in [0.717, 1.165) is 16.7 Å². The van der Waals surface area contributed by atoms with Crippen molar-refractivity contribution >= 4 is 21.8 Å². The molecule has 0 aliphatic carbocycles. The number of nitrogens with one attached hydrogen (secondary N) is 1. The minimum atomic E-state index is -0.213. The lowest BCUT2D eigenvalue weighted by Gasteiger charge is -2.08. The van der Waals surface area contributed by atoms with Gasteiger partial charge in [-0.25, -0.2) is 0 Å². The van der Waals surface area contributed by atoms with Crippen molar-refractivity contribution in [2.24, 2.45) is 0 Å². The van der Waals surface area contributed by atoms with E-state index in [1.54, 1.807) is 37.1 Å². The Balaban J connectivity index is 2.10. The molecule has 0 bridgehead atoms. The molecule has 0 spiro atoms. The highest BCUT2D eigenvalue weighted by molar-refractivity contribution is 9.10. The van der Waals surface area contributed by atoms with Gasteiger partial charge in [0.2, 0.25) is 0 Å². The largest absolute Gasteiger partial charge is 0.497 e. The molecule has 0 atom stereocenters. The highest BCUT2D eigenvalue weighted by atomic mass is 79.9. The molecule has 1 aromatic heterocycles. The standard InChI is InChI=1S/C15H18BrN3O3/c1-4-19-9-13(16)14(18-19)8-17-15(20)10-5-11(21-2)7-12(6-10)22-3/h5-7,9H,4,8H2,1-3H3,(H,17,20). The SMILES string of the molecule is CCn1cc(Br)c(CNC(=O)c2cc(OC)cc(OC)c2)n1. The Hall–Kier alpha value is -2.02. The van der Waals surface area contributed by atoms with Gasteiger partial charge >= 0.3 is 0 Å². The summed E-state index contributed by atoms with van der Waals surface area (Å²) in [6, 6.07) is 5.05. The van der Waals surface area contributed by atoms with Crippen LogP contribution in [0.3, 0.4) is 0 Å². The Labute approximate surface area is 137 Å². The number of benzene rings is 1. The average Bonchev–Trinajstić information content (AvgIpc) is 2.92. The second-order valence-corrected chi connectivity index (χ2v) is 5.42. The normalized spacial score (nSPS) is 10.4. The van der Waals surface area contributed by atoms with Crippen molar-refractivity contribution in [2.75, 3.05) is 14.2 Å². The van der Waals surface area contributed by atoms with E-state index >= 15 is 0 Å². The molecule has 22 heavy (non-hydrogen) atoms. The molecule has 1 N–H and O–H groups in total. The fourth-order valence-electron chi connectivity index (χ4n) is 1.92. The van der Waals surface area contributed by atoms with Gasteiger partial charge in [0.1, 0.15) is 11.5 Å². The van der Waals surface area contributed by atoms with Crippen LogP contribution in [0.25, 0.3) is 0 Å². The van der Waals surface area contributed by atoms with Crippen molar-refractivity contribution in [1.29, 1.82) is 0 Å². The number of carbonyl (C=O) groups is 1. The molecule has 2 aromatic rings. The van der Waals surface area contributed by atoms with Crippen molar-refractivity contribution in [2.45, 2.75) is 20.0 Å². The zero-order chi connectivity index (χ0) is 16.1. The lowest BCUT2D eigenvalue weighted by atomic mass is 10.2. The van der Waals surface area contributed by atoms with E-state index < -0.39 is 0 Å². The molecular weight excluding hydrogens is 350 g/mol. The molecule has 0 aliphatic rings. The van der Waals surface area contributed by atoms with Gasteiger partial charge in [-0.15, -0.1) is 0 Å². The fourth-order valence-corrected chi connectivity index (χ4v) is 2.38. The van der Waals surface area contributed by atoms with Crippen molar-refractivity contribution in [3.63, 3.8) is 0 Å². The molecule has 0 saturated carbocycles. The number of aromatic nitrogens is 2. The number of rotatable bonds is 6. The summed E-state index contributed by atoms with van der Waals surface area (Å²) in [5.41, 5.74) is 1.26. The third-order valence-corrected chi connectivity index (χ3v) is 3.80. The molecule has 0 saturated heterocycles. The molecule has 6 nitrogen and oxygen atoms in total. The molecule has 1 heterocycles. The van der Waals surface area contributed by atoms with E-state index in [0.29, 0.717) is 23.6 Å². The summed E-state index contributed by atoms with van der Waals surface area (Å²) in [5.74, 6) is 0.928. The van der Waals surface area contributed by atoms with Gasteiger partial charge in [-0.05, 0) is 35.0 Å². The van der Waals surface area contributed by atoms with Gasteiger partial charge in [-0.2, -0.15) is 5.10 Å². The Morgan fingerprint density at radius 1 is 1.27 bits per heavy atom. The number of amides is 1. The van der Waals surface area contributed by atoms with Gasteiger partial charge in [-0.3, -0.25) is 9.48 Å². The maximum absolute atomic E-state index is 12.3. The van der Waals surface area contributed by atoms with E-state index in [1.807, 2.05) is 13.1 Å². The van der Waals surface area contributed by atoms with Crippen LogP contribution in [0.5, 0.6) is 11.5 Å². The first-order chi connectivity index (χ1) is 10.6. The van der Waals surface area contributed by atoms with Crippen LogP contribution < -0.4 is 14.8 Å². The molecule has 2 rings (SSSR count). The van der Waals surface area contributed by atoms with E-state index in [9.17, 15) is 4.79 Å². The predicted octanol–water partition coefficient (Wildman–Crippen LogP) is 2.61. The van der Waals surface area contributed by atoms with Gasteiger partial charge in [0, 0.05) is 24.4 Å². The minimum absolute atomic E-state index is 0.213. The van der Waals surface area contributed by atoms with E-state index in [-0.39, 0.29) is 5.91 Å². The van der Waals surface area contributed by atoms with Crippen LogP contribution in [0.15, 0.2) is 28.9 Å². The maximum atomic E-state index is 12.3. The summed E-state index contributed by atoms with van der Waals surface area (Å²) < 4.78 is 13.0. The summed E-state index contributed by atoms with van der Waals surface area (Å²) in [6.07, 6.45) is 1.88. The van der Waals surface area contributed by atoms with Crippen LogP contribution >= 0.6 is 15.9 Å². The monoisotopic (exact) mass is 367 g/mol. The van der Waals surface area contributed by atoms with Crippen molar-refractivity contribution in [1.82, 2.24) is 15.1 Å². The fraction of sp³-hybridized carbons (Fsp3) is 0.333. The Morgan fingerprint density at radius 3 is 2.41 bits per heavy atom. The second kappa shape index (κ2) is 7.31. The van der Waals surface area contributed by atoms with Crippen molar-refractivity contribution in [3.8, 4) is 11.5 Å². The van der Waals surface area contributed by atoms with Gasteiger partial charge in [-0.1, -0.05) is 0 Å². The maximum Gasteiger partial charge on any atom is 0.251 e. The topological polar surface area (TPSA) is 65.4 Å². The smallest absolute Gasteiger partial charge is 0.251 e. The summed E-state index contributed by atoms with van der Waals surface area (Å²) in [5, 5.41) is 7.21. The highest BCUT2D eigenvalue weighted by Gasteiger charge is 2.12. The first-order valence-electron chi connectivity index (χ1n) is 6.80. The first-order valence-corrected chi connectivity index (χ1v) is 7.59. The van der Waals surface area contributed by atoms with Crippen LogP contribution in [0.4, 0.5) is 0 Å². The van der Waals surface area contributed by atoms with Crippen LogP contribution in [-0.4, -0.2) is 29.9 Å². The number of hydrogen-bond acceptors (Lipinski definition) is 4. The number of carbonyl (C=O) groups excluding carboxylic acids is 1. The predicted molar refractivity (Wildman–Crippen MR) is 86.3 cm³/mol. The molecule has 0 radical (unpaired) electrons. The Bertz CT molecular complexity index is 648. The lowest BCUT2D eigenvalue weighted by molar-refractivity contribution is 0.0949. The van der Waals surface area contributed by atoms with E-state index in [1.165, 1.54) is 0 Å². The zero-order valence-electron chi connectivity index (χ0n) is 12.7.